The Morgan fingerprint density at radius 2 is 1.04 bits per heavy atom. The summed E-state index contributed by atoms with van der Waals surface area (Å²) in [7, 11) is 0. The van der Waals surface area contributed by atoms with Gasteiger partial charge in [-0.05, 0) is 48.5 Å². The molecule has 0 saturated heterocycles. The van der Waals surface area contributed by atoms with Gasteiger partial charge in [-0.3, -0.25) is 9.59 Å². The fourth-order valence-electron chi connectivity index (χ4n) is 1.91. The number of thioether (sulfide) groups is 2. The summed E-state index contributed by atoms with van der Waals surface area (Å²) in [4.78, 5) is 23.5. The molecule has 0 unspecified atom stereocenters. The van der Waals surface area contributed by atoms with Gasteiger partial charge in [-0.25, -0.2) is 8.78 Å². The largest absolute Gasteiger partial charge is 0.325 e. The molecule has 0 saturated carbocycles. The Morgan fingerprint density at radius 1 is 0.692 bits per heavy atom. The van der Waals surface area contributed by atoms with Crippen molar-refractivity contribution in [2.24, 2.45) is 0 Å². The molecule has 2 rings (SSSR count). The van der Waals surface area contributed by atoms with Gasteiger partial charge in [-0.1, -0.05) is 0 Å². The summed E-state index contributed by atoms with van der Waals surface area (Å²) in [6, 6.07) is 11.2. The Labute approximate surface area is 159 Å². The molecule has 4 nitrogen and oxygen atoms in total. The van der Waals surface area contributed by atoms with E-state index in [0.717, 1.165) is 11.5 Å². The Hall–Kier alpha value is -2.06. The zero-order chi connectivity index (χ0) is 18.8. The lowest BCUT2D eigenvalue weighted by Crippen LogP contribution is -2.15. The van der Waals surface area contributed by atoms with Gasteiger partial charge in [0, 0.05) is 22.9 Å². The maximum atomic E-state index is 12.8. The second kappa shape index (κ2) is 10.8. The van der Waals surface area contributed by atoms with Gasteiger partial charge in [-0.2, -0.15) is 23.5 Å². The monoisotopic (exact) mass is 396 g/mol. The number of amides is 2. The van der Waals surface area contributed by atoms with Gasteiger partial charge < -0.3 is 10.6 Å². The zero-order valence-electron chi connectivity index (χ0n) is 13.8. The number of benzene rings is 2. The maximum Gasteiger partial charge on any atom is 0.234 e. The van der Waals surface area contributed by atoms with Crippen LogP contribution in [0.2, 0.25) is 0 Å². The van der Waals surface area contributed by atoms with Crippen molar-refractivity contribution in [3.05, 3.63) is 60.2 Å². The van der Waals surface area contributed by atoms with Gasteiger partial charge >= 0.3 is 0 Å². The van der Waals surface area contributed by atoms with E-state index in [1.807, 2.05) is 0 Å². The number of rotatable bonds is 9. The minimum absolute atomic E-state index is 0.152. The molecule has 0 atom stereocenters. The van der Waals surface area contributed by atoms with Crippen LogP contribution in [0, 0.1) is 11.6 Å². The Balaban J connectivity index is 1.53. The van der Waals surface area contributed by atoms with Crippen molar-refractivity contribution < 1.29 is 18.4 Å². The van der Waals surface area contributed by atoms with E-state index in [1.54, 1.807) is 0 Å². The summed E-state index contributed by atoms with van der Waals surface area (Å²) in [5.41, 5.74) is 1.12. The molecule has 0 fully saturated rings. The number of halogens is 2. The smallest absolute Gasteiger partial charge is 0.234 e. The molecule has 2 aromatic carbocycles. The Morgan fingerprint density at radius 3 is 1.38 bits per heavy atom. The van der Waals surface area contributed by atoms with Gasteiger partial charge in [0.1, 0.15) is 11.6 Å². The number of nitrogens with one attached hydrogen (secondary N) is 2. The van der Waals surface area contributed by atoms with Crippen molar-refractivity contribution in [1.29, 1.82) is 0 Å². The Bertz CT molecular complexity index is 661. The van der Waals surface area contributed by atoms with E-state index in [1.165, 1.54) is 72.1 Å². The van der Waals surface area contributed by atoms with Gasteiger partial charge in [0.05, 0.1) is 11.5 Å². The van der Waals surface area contributed by atoms with E-state index in [-0.39, 0.29) is 23.4 Å². The highest BCUT2D eigenvalue weighted by molar-refractivity contribution is 8.03. The zero-order valence-corrected chi connectivity index (χ0v) is 15.5. The lowest BCUT2D eigenvalue weighted by atomic mass is 10.3. The minimum atomic E-state index is -0.349. The molecular formula is C18H18F2N2O2S2. The van der Waals surface area contributed by atoms with E-state index < -0.39 is 0 Å². The summed E-state index contributed by atoms with van der Waals surface area (Å²) in [6.45, 7) is 0. The third-order valence-electron chi connectivity index (χ3n) is 3.09. The third kappa shape index (κ3) is 7.88. The summed E-state index contributed by atoms with van der Waals surface area (Å²) in [6.07, 6.45) is 0. The normalized spacial score (nSPS) is 10.4. The van der Waals surface area contributed by atoms with Crippen molar-refractivity contribution in [2.75, 3.05) is 33.6 Å². The summed E-state index contributed by atoms with van der Waals surface area (Å²) < 4.78 is 25.6. The number of anilines is 2. The quantitative estimate of drug-likeness (QED) is 0.629. The highest BCUT2D eigenvalue weighted by Gasteiger charge is 2.05. The molecule has 0 aliphatic heterocycles. The van der Waals surface area contributed by atoms with E-state index in [2.05, 4.69) is 10.6 Å². The maximum absolute atomic E-state index is 12.8. The number of carbonyl (C=O) groups excluding carboxylic acids is 2. The van der Waals surface area contributed by atoms with Crippen LogP contribution in [-0.2, 0) is 9.59 Å². The Kier molecular flexibility index (Phi) is 8.43. The second-order valence-electron chi connectivity index (χ2n) is 5.22. The summed E-state index contributed by atoms with van der Waals surface area (Å²) in [5.74, 6) is 1.04. The van der Waals surface area contributed by atoms with Crippen molar-refractivity contribution in [1.82, 2.24) is 0 Å². The van der Waals surface area contributed by atoms with Crippen LogP contribution < -0.4 is 10.6 Å². The molecule has 0 aliphatic carbocycles. The van der Waals surface area contributed by atoms with Crippen LogP contribution in [0.4, 0.5) is 20.2 Å². The first-order chi connectivity index (χ1) is 12.5. The number of carbonyl (C=O) groups is 2. The molecule has 26 heavy (non-hydrogen) atoms. The van der Waals surface area contributed by atoms with Crippen LogP contribution in [0.25, 0.3) is 0 Å². The molecule has 0 heterocycles. The molecular weight excluding hydrogens is 378 g/mol. The lowest BCUT2D eigenvalue weighted by Gasteiger charge is -2.06. The van der Waals surface area contributed by atoms with Crippen LogP contribution in [0.3, 0.4) is 0 Å². The van der Waals surface area contributed by atoms with Crippen LogP contribution >= 0.6 is 23.5 Å². The average Bonchev–Trinajstić information content (AvgIpc) is 2.62. The number of hydrogen-bond acceptors (Lipinski definition) is 4. The fourth-order valence-corrected chi connectivity index (χ4v) is 3.65. The van der Waals surface area contributed by atoms with Crippen LogP contribution in [0.15, 0.2) is 48.5 Å². The molecule has 2 aromatic rings. The average molecular weight is 396 g/mol. The van der Waals surface area contributed by atoms with Crippen molar-refractivity contribution >= 4 is 46.7 Å². The van der Waals surface area contributed by atoms with Gasteiger partial charge in [0.15, 0.2) is 0 Å². The molecule has 0 bridgehead atoms. The third-order valence-corrected chi connectivity index (χ3v) is 5.27. The molecule has 0 spiro atoms. The van der Waals surface area contributed by atoms with Gasteiger partial charge in [0.2, 0.25) is 11.8 Å². The molecule has 2 N–H and O–H groups in total. The molecule has 138 valence electrons. The first kappa shape index (κ1) is 20.3. The van der Waals surface area contributed by atoms with E-state index in [4.69, 9.17) is 0 Å². The van der Waals surface area contributed by atoms with Crippen molar-refractivity contribution in [3.8, 4) is 0 Å². The topological polar surface area (TPSA) is 58.2 Å². The SMILES string of the molecule is O=C(CSCCSCC(=O)Nc1ccc(F)cc1)Nc1ccc(F)cc1. The van der Waals surface area contributed by atoms with E-state index in [9.17, 15) is 18.4 Å². The predicted molar refractivity (Wildman–Crippen MR) is 105 cm³/mol. The van der Waals surface area contributed by atoms with Crippen LogP contribution in [0.1, 0.15) is 0 Å². The van der Waals surface area contributed by atoms with Crippen LogP contribution in [0.5, 0.6) is 0 Å². The molecule has 2 amide bonds. The molecule has 0 aromatic heterocycles. The van der Waals surface area contributed by atoms with Crippen LogP contribution in [-0.4, -0.2) is 34.8 Å². The van der Waals surface area contributed by atoms with E-state index in [0.29, 0.717) is 22.9 Å². The molecule has 0 radical (unpaired) electrons. The van der Waals surface area contributed by atoms with Crippen molar-refractivity contribution in [2.45, 2.75) is 0 Å². The minimum Gasteiger partial charge on any atom is -0.325 e. The highest BCUT2D eigenvalue weighted by atomic mass is 32.2. The number of hydrogen-bond donors (Lipinski definition) is 2. The molecule has 8 heteroatoms. The summed E-state index contributed by atoms with van der Waals surface area (Å²) in [5, 5.41) is 5.37. The standard InChI is InChI=1S/C18H18F2N2O2S2/c19-13-1-5-15(6-2-13)21-17(23)11-25-9-10-26-12-18(24)22-16-7-3-14(20)4-8-16/h1-8H,9-12H2,(H,21,23)(H,22,24). The second-order valence-corrected chi connectivity index (χ2v) is 7.43. The van der Waals surface area contributed by atoms with Gasteiger partial charge in [0.25, 0.3) is 0 Å². The predicted octanol–water partition coefficient (Wildman–Crippen LogP) is 4.01. The fraction of sp³-hybridized carbons (Fsp3) is 0.222. The first-order valence-corrected chi connectivity index (χ1v) is 10.1. The lowest BCUT2D eigenvalue weighted by molar-refractivity contribution is -0.114. The first-order valence-electron chi connectivity index (χ1n) is 7.79. The van der Waals surface area contributed by atoms with Crippen molar-refractivity contribution in [3.63, 3.8) is 0 Å². The summed E-state index contributed by atoms with van der Waals surface area (Å²) >= 11 is 2.92. The van der Waals surface area contributed by atoms with Gasteiger partial charge in [-0.15, -0.1) is 0 Å². The molecule has 0 aliphatic rings. The highest BCUT2D eigenvalue weighted by Crippen LogP contribution is 2.12. The van der Waals surface area contributed by atoms with E-state index >= 15 is 0 Å².